The van der Waals surface area contributed by atoms with Crippen LogP contribution in [0.2, 0.25) is 0 Å². The van der Waals surface area contributed by atoms with Gasteiger partial charge >= 0.3 is 14.8 Å². The lowest BCUT2D eigenvalue weighted by Crippen LogP contribution is -2.58. The van der Waals surface area contributed by atoms with Crippen LogP contribution in [0.25, 0.3) is 0 Å². The van der Waals surface area contributed by atoms with E-state index in [9.17, 15) is 4.79 Å². The van der Waals surface area contributed by atoms with E-state index >= 15 is 0 Å². The number of hydrogen-bond donors (Lipinski definition) is 1. The number of carbonyl (C=O) groups is 1. The van der Waals surface area contributed by atoms with Gasteiger partial charge in [-0.15, -0.1) is 0 Å². The summed E-state index contributed by atoms with van der Waals surface area (Å²) in [6, 6.07) is 0. The highest BCUT2D eigenvalue weighted by molar-refractivity contribution is 7.81. The maximum atomic E-state index is 11.6. The van der Waals surface area contributed by atoms with Crippen molar-refractivity contribution in [2.24, 2.45) is 5.92 Å². The second-order valence-electron chi connectivity index (χ2n) is 4.67. The van der Waals surface area contributed by atoms with Gasteiger partial charge < -0.3 is 18.0 Å². The van der Waals surface area contributed by atoms with E-state index in [4.69, 9.17) is 18.0 Å². The van der Waals surface area contributed by atoms with Crippen LogP contribution in [0.3, 0.4) is 0 Å². The van der Waals surface area contributed by atoms with E-state index in [1.807, 2.05) is 20.8 Å². The van der Waals surface area contributed by atoms with Gasteiger partial charge in [-0.3, -0.25) is 4.79 Å². The van der Waals surface area contributed by atoms with Crippen molar-refractivity contribution in [1.29, 1.82) is 0 Å². The maximum Gasteiger partial charge on any atom is 0.544 e. The number of thiol groups is 1. The fourth-order valence-corrected chi connectivity index (χ4v) is 5.02. The van der Waals surface area contributed by atoms with Crippen molar-refractivity contribution < 1.29 is 22.8 Å². The minimum absolute atomic E-state index is 0.0312. The fourth-order valence-electron chi connectivity index (χ4n) is 1.90. The summed E-state index contributed by atoms with van der Waals surface area (Å²) in [7, 11) is -3.04. The molecule has 0 rings (SSSR count). The molecular formula is C13H28O5SSi. The lowest BCUT2D eigenvalue weighted by Gasteiger charge is -2.35. The second-order valence-corrected chi connectivity index (χ2v) is 7.70. The Morgan fingerprint density at radius 1 is 1.05 bits per heavy atom. The molecule has 0 aromatic rings. The zero-order valence-corrected chi connectivity index (χ0v) is 15.1. The summed E-state index contributed by atoms with van der Waals surface area (Å²) < 4.78 is 22.9. The third-order valence-electron chi connectivity index (χ3n) is 2.52. The van der Waals surface area contributed by atoms with Crippen LogP contribution in [-0.4, -0.2) is 46.1 Å². The summed E-state index contributed by atoms with van der Waals surface area (Å²) in [6.07, 6.45) is 0.645. The number of rotatable bonds is 11. The molecule has 0 aliphatic heterocycles. The van der Waals surface area contributed by atoms with Crippen LogP contribution in [-0.2, 0) is 22.8 Å². The summed E-state index contributed by atoms with van der Waals surface area (Å²) >= 11 is 3.95. The van der Waals surface area contributed by atoms with E-state index < -0.39 is 14.5 Å². The van der Waals surface area contributed by atoms with Crippen molar-refractivity contribution in [3.05, 3.63) is 0 Å². The molecule has 0 saturated carbocycles. The Balaban J connectivity index is 5.26. The van der Waals surface area contributed by atoms with Crippen molar-refractivity contribution >= 4 is 27.4 Å². The molecule has 1 atom stereocenters. The predicted molar refractivity (Wildman–Crippen MR) is 83.8 cm³/mol. The molecule has 1 unspecified atom stereocenters. The Hall–Kier alpha value is -0.0831. The van der Waals surface area contributed by atoms with Crippen LogP contribution < -0.4 is 0 Å². The van der Waals surface area contributed by atoms with E-state index in [-0.39, 0.29) is 11.7 Å². The molecule has 0 aromatic heterocycles. The molecule has 0 aliphatic rings. The van der Waals surface area contributed by atoms with E-state index in [0.29, 0.717) is 32.2 Å². The highest BCUT2D eigenvalue weighted by Crippen LogP contribution is 2.24. The molecular weight excluding hydrogens is 296 g/mol. The summed E-state index contributed by atoms with van der Waals surface area (Å²) in [5.41, 5.74) is -0.484. The first-order valence-corrected chi connectivity index (χ1v) is 9.61. The average Bonchev–Trinajstić information content (AvgIpc) is 2.38. The monoisotopic (exact) mass is 324 g/mol. The third kappa shape index (κ3) is 6.58. The average molecular weight is 325 g/mol. The van der Waals surface area contributed by atoms with Crippen molar-refractivity contribution in [2.45, 2.75) is 46.8 Å². The van der Waals surface area contributed by atoms with Gasteiger partial charge in [0, 0.05) is 19.8 Å². The Kier molecular flexibility index (Phi) is 10.6. The molecule has 5 nitrogen and oxygen atoms in total. The second kappa shape index (κ2) is 10.6. The standard InChI is InChI=1S/C13H28O5SSi/c1-6-15-20(16-7-2,17-8-3)13(9-11(4)5)18-12(14)10-19/h11,13,19H,6-10H2,1-5H3. The Labute approximate surface area is 129 Å². The summed E-state index contributed by atoms with van der Waals surface area (Å²) in [6.45, 7) is 11.1. The largest absolute Gasteiger partial charge is 0.544 e. The number of esters is 1. The zero-order chi connectivity index (χ0) is 15.6. The summed E-state index contributed by atoms with van der Waals surface area (Å²) in [5, 5.41) is 0. The number of carbonyl (C=O) groups excluding carboxylic acids is 1. The topological polar surface area (TPSA) is 54.0 Å². The highest BCUT2D eigenvalue weighted by atomic mass is 32.1. The maximum absolute atomic E-state index is 11.6. The molecule has 0 fully saturated rings. The molecule has 7 heteroatoms. The third-order valence-corrected chi connectivity index (χ3v) is 5.99. The van der Waals surface area contributed by atoms with Crippen LogP contribution in [0.1, 0.15) is 41.0 Å². The van der Waals surface area contributed by atoms with Gasteiger partial charge in [0.25, 0.3) is 0 Å². The molecule has 0 aromatic carbocycles. The van der Waals surface area contributed by atoms with Gasteiger partial charge in [-0.1, -0.05) is 13.8 Å². The molecule has 0 saturated heterocycles. The molecule has 0 N–H and O–H groups in total. The highest BCUT2D eigenvalue weighted by Gasteiger charge is 2.52. The summed E-state index contributed by atoms with van der Waals surface area (Å²) in [4.78, 5) is 11.6. The molecule has 0 radical (unpaired) electrons. The fraction of sp³-hybridized carbons (Fsp3) is 0.923. The van der Waals surface area contributed by atoms with Crippen molar-refractivity contribution in [2.75, 3.05) is 25.6 Å². The SMILES string of the molecule is CCO[Si](OCC)(OCC)C(CC(C)C)OC(=O)CS. The number of hydrogen-bond acceptors (Lipinski definition) is 6. The zero-order valence-electron chi connectivity index (χ0n) is 13.2. The van der Waals surface area contributed by atoms with Crippen LogP contribution in [0, 0.1) is 5.92 Å². The lowest BCUT2D eigenvalue weighted by molar-refractivity contribution is -0.146. The Morgan fingerprint density at radius 3 is 1.80 bits per heavy atom. The van der Waals surface area contributed by atoms with Gasteiger partial charge in [-0.2, -0.15) is 12.6 Å². The first kappa shape index (κ1) is 19.9. The molecule has 0 heterocycles. The van der Waals surface area contributed by atoms with Gasteiger partial charge in [0.15, 0.2) is 5.73 Å². The van der Waals surface area contributed by atoms with Gasteiger partial charge in [0.2, 0.25) is 0 Å². The molecule has 0 bridgehead atoms. The Morgan fingerprint density at radius 2 is 1.50 bits per heavy atom. The lowest BCUT2D eigenvalue weighted by atomic mass is 10.1. The minimum Gasteiger partial charge on any atom is -0.457 e. The van der Waals surface area contributed by atoms with Crippen molar-refractivity contribution in [3.63, 3.8) is 0 Å². The van der Waals surface area contributed by atoms with E-state index in [1.165, 1.54) is 0 Å². The molecule has 20 heavy (non-hydrogen) atoms. The Bertz CT molecular complexity index is 258. The van der Waals surface area contributed by atoms with E-state index in [1.54, 1.807) is 0 Å². The van der Waals surface area contributed by atoms with Gasteiger partial charge in [0.1, 0.15) is 0 Å². The smallest absolute Gasteiger partial charge is 0.457 e. The van der Waals surface area contributed by atoms with Crippen molar-refractivity contribution in [1.82, 2.24) is 0 Å². The minimum atomic E-state index is -3.04. The van der Waals surface area contributed by atoms with Crippen LogP contribution in [0.4, 0.5) is 0 Å². The summed E-state index contributed by atoms with van der Waals surface area (Å²) in [5.74, 6) is -0.0142. The quantitative estimate of drug-likeness (QED) is 0.359. The molecule has 0 spiro atoms. The molecule has 0 aliphatic carbocycles. The molecule has 0 amide bonds. The van der Waals surface area contributed by atoms with Crippen LogP contribution >= 0.6 is 12.6 Å². The van der Waals surface area contributed by atoms with Crippen molar-refractivity contribution in [3.8, 4) is 0 Å². The normalized spacial score (nSPS) is 13.6. The van der Waals surface area contributed by atoms with Crippen LogP contribution in [0.15, 0.2) is 0 Å². The first-order valence-electron chi connectivity index (χ1n) is 7.17. The van der Waals surface area contributed by atoms with Gasteiger partial charge in [-0.05, 0) is 33.1 Å². The van der Waals surface area contributed by atoms with E-state index in [2.05, 4.69) is 26.5 Å². The predicted octanol–water partition coefficient (Wildman–Crippen LogP) is 2.46. The van der Waals surface area contributed by atoms with Gasteiger partial charge in [-0.25, -0.2) is 0 Å². The van der Waals surface area contributed by atoms with E-state index in [0.717, 1.165) is 0 Å². The first-order chi connectivity index (χ1) is 9.45. The van der Waals surface area contributed by atoms with Gasteiger partial charge in [0.05, 0.1) is 5.75 Å². The van der Waals surface area contributed by atoms with Crippen LogP contribution in [0.5, 0.6) is 0 Å². The number of ether oxygens (including phenoxy) is 1. The molecule has 120 valence electrons.